The molecule has 0 radical (unpaired) electrons. The average molecular weight is 464 g/mol. The van der Waals surface area contributed by atoms with Crippen LogP contribution in [-0.2, 0) is 6.54 Å². The number of phenols is 1. The maximum Gasteiger partial charge on any atom is 0.288 e. The van der Waals surface area contributed by atoms with Crippen molar-refractivity contribution in [1.29, 1.82) is 0 Å². The summed E-state index contributed by atoms with van der Waals surface area (Å²) in [6.45, 7) is 0.324. The van der Waals surface area contributed by atoms with Crippen molar-refractivity contribution in [3.63, 3.8) is 0 Å². The highest BCUT2D eigenvalue weighted by atomic mass is 79.9. The summed E-state index contributed by atoms with van der Waals surface area (Å²) >= 11 is 9.41. The largest absolute Gasteiger partial charge is 0.503 e. The first kappa shape index (κ1) is 19.9. The van der Waals surface area contributed by atoms with Gasteiger partial charge in [-0.2, -0.15) is 10.2 Å². The number of aromatic nitrogens is 2. The summed E-state index contributed by atoms with van der Waals surface area (Å²) in [5.41, 5.74) is 4.19. The maximum absolute atomic E-state index is 12.4. The van der Waals surface area contributed by atoms with E-state index in [1.165, 1.54) is 24.2 Å². The third-order valence-electron chi connectivity index (χ3n) is 3.83. The lowest BCUT2D eigenvalue weighted by Crippen LogP contribution is -2.24. The van der Waals surface area contributed by atoms with Gasteiger partial charge in [0.05, 0.1) is 30.5 Å². The van der Waals surface area contributed by atoms with Gasteiger partial charge in [-0.25, -0.2) is 4.68 Å². The molecule has 3 aromatic rings. The molecular weight excluding hydrogens is 448 g/mol. The minimum Gasteiger partial charge on any atom is -0.503 e. The molecule has 0 fully saturated rings. The van der Waals surface area contributed by atoms with E-state index in [4.69, 9.17) is 16.3 Å². The number of hydrogen-bond donors (Lipinski definition) is 2. The quantitative estimate of drug-likeness (QED) is 0.428. The highest BCUT2D eigenvalue weighted by molar-refractivity contribution is 9.10. The molecular formula is C19H16BrClN4O3. The van der Waals surface area contributed by atoms with Crippen molar-refractivity contribution in [2.24, 2.45) is 5.10 Å². The van der Waals surface area contributed by atoms with Gasteiger partial charge in [0, 0.05) is 0 Å². The highest BCUT2D eigenvalue weighted by Crippen LogP contribution is 2.34. The zero-order valence-electron chi connectivity index (χ0n) is 14.8. The standard InChI is InChI=1S/C19H16BrClN4O3/c1-28-16-8-13(7-14(20)18(16)26)9-22-24-15-10-23-25(19(27)17(15)21)11-12-5-3-2-4-6-12/h2-10,24,26H,11H2,1H3. The summed E-state index contributed by atoms with van der Waals surface area (Å²) < 4.78 is 6.85. The molecule has 28 heavy (non-hydrogen) atoms. The number of methoxy groups -OCH3 is 1. The fourth-order valence-corrected chi connectivity index (χ4v) is 3.06. The molecule has 0 aliphatic rings. The number of rotatable bonds is 6. The van der Waals surface area contributed by atoms with Crippen LogP contribution >= 0.6 is 27.5 Å². The Balaban J connectivity index is 1.76. The number of ether oxygens (including phenoxy) is 1. The first-order valence-electron chi connectivity index (χ1n) is 8.14. The molecule has 0 saturated carbocycles. The van der Waals surface area contributed by atoms with Gasteiger partial charge in [-0.3, -0.25) is 10.2 Å². The second kappa shape index (κ2) is 8.90. The monoisotopic (exact) mass is 462 g/mol. The molecule has 2 N–H and O–H groups in total. The molecule has 2 aromatic carbocycles. The number of nitrogens with one attached hydrogen (secondary N) is 1. The van der Waals surface area contributed by atoms with Crippen LogP contribution in [0.3, 0.4) is 0 Å². The number of anilines is 1. The van der Waals surface area contributed by atoms with E-state index >= 15 is 0 Å². The van der Waals surface area contributed by atoms with Crippen LogP contribution in [0.4, 0.5) is 5.69 Å². The molecule has 0 saturated heterocycles. The van der Waals surface area contributed by atoms with Crippen molar-refractivity contribution >= 4 is 39.4 Å². The second-order valence-corrected chi connectivity index (χ2v) is 6.98. The second-order valence-electron chi connectivity index (χ2n) is 5.74. The van der Waals surface area contributed by atoms with E-state index in [2.05, 4.69) is 31.6 Å². The van der Waals surface area contributed by atoms with Crippen LogP contribution < -0.4 is 15.7 Å². The lowest BCUT2D eigenvalue weighted by atomic mass is 10.2. The molecule has 1 heterocycles. The van der Waals surface area contributed by atoms with Crippen LogP contribution in [-0.4, -0.2) is 28.2 Å². The molecule has 9 heteroatoms. The van der Waals surface area contributed by atoms with Crippen molar-refractivity contribution in [3.05, 3.63) is 79.6 Å². The van der Waals surface area contributed by atoms with Crippen LogP contribution in [0.5, 0.6) is 11.5 Å². The summed E-state index contributed by atoms with van der Waals surface area (Å²) in [6.07, 6.45) is 2.94. The Morgan fingerprint density at radius 2 is 2.11 bits per heavy atom. The molecule has 0 atom stereocenters. The summed E-state index contributed by atoms with van der Waals surface area (Å²) in [7, 11) is 1.45. The van der Waals surface area contributed by atoms with E-state index in [1.807, 2.05) is 30.3 Å². The minimum atomic E-state index is -0.417. The van der Waals surface area contributed by atoms with Crippen molar-refractivity contribution in [1.82, 2.24) is 9.78 Å². The molecule has 0 bridgehead atoms. The molecule has 1 aromatic heterocycles. The fraction of sp³-hybridized carbons (Fsp3) is 0.105. The van der Waals surface area contributed by atoms with E-state index in [1.54, 1.807) is 12.1 Å². The predicted octanol–water partition coefficient (Wildman–Crippen LogP) is 3.87. The lowest BCUT2D eigenvalue weighted by molar-refractivity contribution is 0.372. The summed E-state index contributed by atoms with van der Waals surface area (Å²) in [4.78, 5) is 12.4. The molecule has 3 rings (SSSR count). The lowest BCUT2D eigenvalue weighted by Gasteiger charge is -2.08. The maximum atomic E-state index is 12.4. The van der Waals surface area contributed by atoms with Gasteiger partial charge in [0.15, 0.2) is 11.5 Å². The molecule has 0 aliphatic heterocycles. The van der Waals surface area contributed by atoms with E-state index in [0.717, 1.165) is 5.56 Å². The third-order valence-corrected chi connectivity index (χ3v) is 4.80. The van der Waals surface area contributed by atoms with Crippen LogP contribution in [0.1, 0.15) is 11.1 Å². The van der Waals surface area contributed by atoms with E-state index in [9.17, 15) is 9.90 Å². The predicted molar refractivity (Wildman–Crippen MR) is 113 cm³/mol. The number of nitrogens with zero attached hydrogens (tertiary/aromatic N) is 3. The molecule has 0 amide bonds. The van der Waals surface area contributed by atoms with Gasteiger partial charge >= 0.3 is 0 Å². The van der Waals surface area contributed by atoms with Crippen molar-refractivity contribution in [3.8, 4) is 11.5 Å². The van der Waals surface area contributed by atoms with Crippen molar-refractivity contribution < 1.29 is 9.84 Å². The Hall–Kier alpha value is -2.84. The SMILES string of the molecule is COc1cc(C=NNc2cnn(Cc3ccccc3)c(=O)c2Cl)cc(Br)c1O. The first-order chi connectivity index (χ1) is 13.5. The van der Waals surface area contributed by atoms with Crippen molar-refractivity contribution in [2.45, 2.75) is 6.54 Å². The minimum absolute atomic E-state index is 0.00174. The van der Waals surface area contributed by atoms with Gasteiger partial charge in [-0.15, -0.1) is 0 Å². The number of aromatic hydroxyl groups is 1. The van der Waals surface area contributed by atoms with Gasteiger partial charge < -0.3 is 9.84 Å². The number of benzene rings is 2. The number of hydrogen-bond acceptors (Lipinski definition) is 6. The summed E-state index contributed by atoms with van der Waals surface area (Å²) in [5, 5.41) is 18.0. The molecule has 144 valence electrons. The highest BCUT2D eigenvalue weighted by Gasteiger charge is 2.10. The Labute approximate surface area is 174 Å². The van der Waals surface area contributed by atoms with E-state index in [-0.39, 0.29) is 16.5 Å². The zero-order valence-corrected chi connectivity index (χ0v) is 17.1. The number of phenolic OH excluding ortho intramolecular Hbond substituents is 1. The average Bonchev–Trinajstić information content (AvgIpc) is 2.70. The Bertz CT molecular complexity index is 1070. The fourth-order valence-electron chi connectivity index (χ4n) is 2.41. The Kier molecular flexibility index (Phi) is 6.33. The molecule has 0 aliphatic carbocycles. The van der Waals surface area contributed by atoms with Crippen molar-refractivity contribution in [2.75, 3.05) is 12.5 Å². The van der Waals surface area contributed by atoms with Crippen LogP contribution in [0, 0.1) is 0 Å². The zero-order chi connectivity index (χ0) is 20.1. The Morgan fingerprint density at radius 3 is 2.82 bits per heavy atom. The summed E-state index contributed by atoms with van der Waals surface area (Å²) in [6, 6.07) is 12.8. The summed E-state index contributed by atoms with van der Waals surface area (Å²) in [5.74, 6) is 0.306. The first-order valence-corrected chi connectivity index (χ1v) is 9.32. The Morgan fingerprint density at radius 1 is 1.36 bits per heavy atom. The smallest absolute Gasteiger partial charge is 0.288 e. The third kappa shape index (κ3) is 4.52. The molecule has 7 nitrogen and oxygen atoms in total. The van der Waals surface area contributed by atoms with Crippen LogP contribution in [0.25, 0.3) is 0 Å². The van der Waals surface area contributed by atoms with E-state index in [0.29, 0.717) is 22.3 Å². The van der Waals surface area contributed by atoms with Crippen LogP contribution in [0.15, 0.2) is 63.0 Å². The van der Waals surface area contributed by atoms with Gasteiger partial charge in [-0.05, 0) is 39.2 Å². The van der Waals surface area contributed by atoms with Gasteiger partial charge in [0.2, 0.25) is 0 Å². The molecule has 0 unspecified atom stereocenters. The van der Waals surface area contributed by atoms with Gasteiger partial charge in [0.1, 0.15) is 10.7 Å². The van der Waals surface area contributed by atoms with E-state index < -0.39 is 5.56 Å². The number of halogens is 2. The van der Waals surface area contributed by atoms with Gasteiger partial charge in [-0.1, -0.05) is 41.9 Å². The number of hydrazone groups is 1. The van der Waals surface area contributed by atoms with Gasteiger partial charge in [0.25, 0.3) is 5.56 Å². The normalized spacial score (nSPS) is 11.0. The topological polar surface area (TPSA) is 88.7 Å². The van der Waals surface area contributed by atoms with Crippen LogP contribution in [0.2, 0.25) is 5.02 Å². The molecule has 0 spiro atoms.